The van der Waals surface area contributed by atoms with E-state index < -0.39 is 10.0 Å². The Bertz CT molecular complexity index is 701. The molecule has 1 aromatic carbocycles. The van der Waals surface area contributed by atoms with Crippen molar-refractivity contribution in [1.29, 1.82) is 0 Å². The molecule has 0 spiro atoms. The number of hydrogen-bond acceptors (Lipinski definition) is 5. The zero-order valence-corrected chi connectivity index (χ0v) is 12.6. The fraction of sp³-hybridized carbons (Fsp3) is 0.100. The van der Waals surface area contributed by atoms with Gasteiger partial charge in [0.15, 0.2) is 0 Å². The summed E-state index contributed by atoms with van der Waals surface area (Å²) in [7, 11) is -3.75. The molecule has 0 fully saturated rings. The molecule has 0 radical (unpaired) electrons. The molecule has 19 heavy (non-hydrogen) atoms. The first-order valence-electron chi connectivity index (χ1n) is 5.02. The summed E-state index contributed by atoms with van der Waals surface area (Å²) in [6, 6.07) is 4.20. The molecule has 1 aromatic heterocycles. The normalized spacial score (nSPS) is 11.5. The number of rotatable bonds is 4. The van der Waals surface area contributed by atoms with Crippen molar-refractivity contribution in [2.75, 3.05) is 5.32 Å². The SMILES string of the molecule is NS(=O)(=O)c1ccc(Cl)c(NCc2ncc(Cl)s2)c1. The molecule has 1 heterocycles. The van der Waals surface area contributed by atoms with E-state index in [1.165, 1.54) is 29.5 Å². The summed E-state index contributed by atoms with van der Waals surface area (Å²) in [4.78, 5) is 4.07. The van der Waals surface area contributed by atoms with Crippen LogP contribution in [0.25, 0.3) is 0 Å². The minimum atomic E-state index is -3.75. The molecular formula is C10H9Cl2N3O2S2. The number of sulfonamides is 1. The van der Waals surface area contributed by atoms with Crippen molar-refractivity contribution in [3.63, 3.8) is 0 Å². The number of primary sulfonamides is 1. The molecular weight excluding hydrogens is 329 g/mol. The van der Waals surface area contributed by atoms with Crippen LogP contribution in [0.15, 0.2) is 29.3 Å². The molecule has 3 N–H and O–H groups in total. The van der Waals surface area contributed by atoms with Gasteiger partial charge < -0.3 is 5.32 Å². The molecule has 0 saturated heterocycles. The van der Waals surface area contributed by atoms with Gasteiger partial charge >= 0.3 is 0 Å². The number of thiazole rings is 1. The molecule has 102 valence electrons. The molecule has 0 unspecified atom stereocenters. The molecule has 5 nitrogen and oxygen atoms in total. The zero-order valence-electron chi connectivity index (χ0n) is 9.43. The van der Waals surface area contributed by atoms with Crippen molar-refractivity contribution in [2.45, 2.75) is 11.4 Å². The largest absolute Gasteiger partial charge is 0.377 e. The van der Waals surface area contributed by atoms with Gasteiger partial charge in [0.25, 0.3) is 0 Å². The summed E-state index contributed by atoms with van der Waals surface area (Å²) < 4.78 is 23.1. The quantitative estimate of drug-likeness (QED) is 0.898. The number of benzene rings is 1. The predicted molar refractivity (Wildman–Crippen MR) is 77.3 cm³/mol. The number of nitrogens with zero attached hydrogens (tertiary/aromatic N) is 1. The van der Waals surface area contributed by atoms with E-state index in [0.717, 1.165) is 5.01 Å². The van der Waals surface area contributed by atoms with Gasteiger partial charge in [0, 0.05) is 0 Å². The van der Waals surface area contributed by atoms with Crippen molar-refractivity contribution in [3.05, 3.63) is 38.8 Å². The van der Waals surface area contributed by atoms with E-state index in [1.54, 1.807) is 6.20 Å². The minimum absolute atomic E-state index is 0.00317. The van der Waals surface area contributed by atoms with Crippen molar-refractivity contribution in [1.82, 2.24) is 4.98 Å². The van der Waals surface area contributed by atoms with Gasteiger partial charge in [-0.3, -0.25) is 0 Å². The van der Waals surface area contributed by atoms with Gasteiger partial charge in [-0.05, 0) is 18.2 Å². The number of halogens is 2. The van der Waals surface area contributed by atoms with Crippen LogP contribution >= 0.6 is 34.5 Å². The lowest BCUT2D eigenvalue weighted by Crippen LogP contribution is -2.12. The molecule has 0 atom stereocenters. The standard InChI is InChI=1S/C10H9Cl2N3O2S2/c11-7-2-1-6(19(13,16)17)3-8(7)14-5-10-15-4-9(12)18-10/h1-4,14H,5H2,(H2,13,16,17). The van der Waals surface area contributed by atoms with Crippen molar-refractivity contribution in [2.24, 2.45) is 5.14 Å². The van der Waals surface area contributed by atoms with Crippen LogP contribution < -0.4 is 10.5 Å². The van der Waals surface area contributed by atoms with E-state index in [9.17, 15) is 8.42 Å². The number of nitrogens with one attached hydrogen (secondary N) is 1. The summed E-state index contributed by atoms with van der Waals surface area (Å²) in [5.41, 5.74) is 0.472. The highest BCUT2D eigenvalue weighted by Gasteiger charge is 2.11. The lowest BCUT2D eigenvalue weighted by Gasteiger charge is -2.08. The third kappa shape index (κ3) is 3.80. The molecule has 0 amide bonds. The summed E-state index contributed by atoms with van der Waals surface area (Å²) in [6.07, 6.45) is 1.55. The lowest BCUT2D eigenvalue weighted by atomic mass is 10.3. The van der Waals surface area contributed by atoms with Gasteiger partial charge in [0.2, 0.25) is 10.0 Å². The Morgan fingerprint density at radius 3 is 2.68 bits per heavy atom. The second-order valence-electron chi connectivity index (χ2n) is 3.60. The fourth-order valence-electron chi connectivity index (χ4n) is 1.36. The number of hydrogen-bond donors (Lipinski definition) is 2. The van der Waals surface area contributed by atoms with Gasteiger partial charge in [0.05, 0.1) is 28.3 Å². The topological polar surface area (TPSA) is 85.1 Å². The Hall–Kier alpha value is -0.860. The molecule has 9 heteroatoms. The highest BCUT2D eigenvalue weighted by molar-refractivity contribution is 7.89. The van der Waals surface area contributed by atoms with Crippen LogP contribution in [0.4, 0.5) is 5.69 Å². The molecule has 0 aliphatic rings. The smallest absolute Gasteiger partial charge is 0.238 e. The molecule has 0 aliphatic carbocycles. The molecule has 0 bridgehead atoms. The molecule has 2 rings (SSSR count). The van der Waals surface area contributed by atoms with E-state index in [0.29, 0.717) is 21.6 Å². The molecule has 0 aliphatic heterocycles. The Morgan fingerprint density at radius 2 is 2.11 bits per heavy atom. The minimum Gasteiger partial charge on any atom is -0.377 e. The second kappa shape index (κ2) is 5.64. The Morgan fingerprint density at radius 1 is 1.37 bits per heavy atom. The zero-order chi connectivity index (χ0) is 14.0. The second-order valence-corrected chi connectivity index (χ2v) is 7.31. The Balaban J connectivity index is 2.20. The number of nitrogens with two attached hydrogens (primary N) is 1. The molecule has 2 aromatic rings. The van der Waals surface area contributed by atoms with Crippen molar-refractivity contribution < 1.29 is 8.42 Å². The highest BCUT2D eigenvalue weighted by Crippen LogP contribution is 2.26. The summed E-state index contributed by atoms with van der Waals surface area (Å²) in [5, 5.41) is 9.22. The van der Waals surface area contributed by atoms with E-state index in [1.807, 2.05) is 0 Å². The van der Waals surface area contributed by atoms with Crippen LogP contribution in [-0.2, 0) is 16.6 Å². The number of aromatic nitrogens is 1. The maximum atomic E-state index is 11.3. The Kier molecular flexibility index (Phi) is 4.32. The van der Waals surface area contributed by atoms with Crippen LogP contribution in [0.2, 0.25) is 9.36 Å². The van der Waals surface area contributed by atoms with Gasteiger partial charge in [-0.25, -0.2) is 18.5 Å². The summed E-state index contributed by atoms with van der Waals surface area (Å²) >= 11 is 13.1. The first kappa shape index (κ1) is 14.5. The van der Waals surface area contributed by atoms with Crippen molar-refractivity contribution in [3.8, 4) is 0 Å². The summed E-state index contributed by atoms with van der Waals surface area (Å²) in [6.45, 7) is 0.394. The predicted octanol–water partition coefficient (Wildman–Crippen LogP) is 2.71. The van der Waals surface area contributed by atoms with Gasteiger partial charge in [0.1, 0.15) is 9.34 Å². The van der Waals surface area contributed by atoms with Crippen LogP contribution in [0.3, 0.4) is 0 Å². The van der Waals surface area contributed by atoms with Gasteiger partial charge in [-0.2, -0.15) is 0 Å². The average Bonchev–Trinajstić information content (AvgIpc) is 2.72. The van der Waals surface area contributed by atoms with Crippen LogP contribution in [0.5, 0.6) is 0 Å². The van der Waals surface area contributed by atoms with E-state index >= 15 is 0 Å². The maximum Gasteiger partial charge on any atom is 0.238 e. The van der Waals surface area contributed by atoms with E-state index in [2.05, 4.69) is 10.3 Å². The summed E-state index contributed by atoms with van der Waals surface area (Å²) in [5.74, 6) is 0. The first-order valence-corrected chi connectivity index (χ1v) is 8.14. The fourth-order valence-corrected chi connectivity index (χ4v) is 2.98. The van der Waals surface area contributed by atoms with Crippen LogP contribution in [-0.4, -0.2) is 13.4 Å². The number of anilines is 1. The van der Waals surface area contributed by atoms with Gasteiger partial charge in [-0.1, -0.05) is 23.2 Å². The van der Waals surface area contributed by atoms with Crippen LogP contribution in [0.1, 0.15) is 5.01 Å². The van der Waals surface area contributed by atoms with E-state index in [-0.39, 0.29) is 4.90 Å². The average molecular weight is 338 g/mol. The van der Waals surface area contributed by atoms with E-state index in [4.69, 9.17) is 28.3 Å². The lowest BCUT2D eigenvalue weighted by molar-refractivity contribution is 0.598. The monoisotopic (exact) mass is 337 g/mol. The first-order chi connectivity index (χ1) is 8.86. The van der Waals surface area contributed by atoms with Gasteiger partial charge in [-0.15, -0.1) is 11.3 Å². The van der Waals surface area contributed by atoms with Crippen molar-refractivity contribution >= 4 is 50.2 Å². The molecule has 0 saturated carbocycles. The maximum absolute atomic E-state index is 11.3. The van der Waals surface area contributed by atoms with Crippen LogP contribution in [0, 0.1) is 0 Å². The Labute approximate surface area is 124 Å². The third-order valence-electron chi connectivity index (χ3n) is 2.22. The highest BCUT2D eigenvalue weighted by atomic mass is 35.5. The third-order valence-corrected chi connectivity index (χ3v) is 4.58.